The summed E-state index contributed by atoms with van der Waals surface area (Å²) in [5, 5.41) is 8.03. The first kappa shape index (κ1) is 16.9. The molecule has 1 aliphatic rings. The lowest BCUT2D eigenvalue weighted by Crippen LogP contribution is -2.32. The number of piperidine rings is 1. The highest BCUT2D eigenvalue weighted by Crippen LogP contribution is 2.32. The first-order valence-electron chi connectivity index (χ1n) is 9.31. The largest absolute Gasteiger partial charge is 0.300 e. The molecular formula is C21H25N5. The summed E-state index contributed by atoms with van der Waals surface area (Å²) in [6, 6.07) is 13.1. The fraction of sp³-hybridized carbons (Fsp3) is 0.381. The number of nitrogens with one attached hydrogen (secondary N) is 1. The molecule has 4 heterocycles. The van der Waals surface area contributed by atoms with E-state index in [4.69, 9.17) is 4.98 Å². The third-order valence-corrected chi connectivity index (χ3v) is 5.24. The smallest absolute Gasteiger partial charge is 0.0602 e. The quantitative estimate of drug-likeness (QED) is 0.782. The Bertz CT molecular complexity index is 885. The summed E-state index contributed by atoms with van der Waals surface area (Å²) in [7, 11) is 1.97. The van der Waals surface area contributed by atoms with Crippen LogP contribution in [-0.4, -0.2) is 19.7 Å². The SMILES string of the molecule is Cc1cccnc1C1CCCC(c2cccc(Cc3ccnn3C)n2)N1. The van der Waals surface area contributed by atoms with Crippen LogP contribution in [-0.2, 0) is 13.5 Å². The lowest BCUT2D eigenvalue weighted by molar-refractivity contribution is 0.320. The number of hydrogen-bond donors (Lipinski definition) is 1. The van der Waals surface area contributed by atoms with Crippen LogP contribution >= 0.6 is 0 Å². The van der Waals surface area contributed by atoms with E-state index in [-0.39, 0.29) is 6.04 Å². The molecule has 0 saturated carbocycles. The molecule has 1 aliphatic heterocycles. The number of aryl methyl sites for hydroxylation is 2. The van der Waals surface area contributed by atoms with Gasteiger partial charge in [0, 0.05) is 43.3 Å². The van der Waals surface area contributed by atoms with Crippen LogP contribution in [0.4, 0.5) is 0 Å². The van der Waals surface area contributed by atoms with Crippen molar-refractivity contribution in [3.8, 4) is 0 Å². The standard InChI is InChI=1S/C21H25N5/c1-15-6-5-12-22-21(15)20-10-4-9-19(25-20)18-8-3-7-16(24-18)14-17-11-13-23-26(17)2/h3,5-8,11-13,19-20,25H,4,9-10,14H2,1-2H3. The van der Waals surface area contributed by atoms with Crippen molar-refractivity contribution in [3.63, 3.8) is 0 Å². The second kappa shape index (κ2) is 7.38. The average molecular weight is 347 g/mol. The molecule has 5 heteroatoms. The zero-order valence-electron chi connectivity index (χ0n) is 15.4. The molecule has 1 N–H and O–H groups in total. The van der Waals surface area contributed by atoms with E-state index in [0.29, 0.717) is 6.04 Å². The van der Waals surface area contributed by atoms with Crippen LogP contribution < -0.4 is 5.32 Å². The number of rotatable bonds is 4. The number of aromatic nitrogens is 4. The summed E-state index contributed by atoms with van der Waals surface area (Å²) in [4.78, 5) is 9.55. The van der Waals surface area contributed by atoms with Gasteiger partial charge < -0.3 is 5.32 Å². The van der Waals surface area contributed by atoms with E-state index < -0.39 is 0 Å². The van der Waals surface area contributed by atoms with Crippen LogP contribution in [0, 0.1) is 6.92 Å². The minimum absolute atomic E-state index is 0.279. The van der Waals surface area contributed by atoms with Crippen molar-refractivity contribution in [1.82, 2.24) is 25.1 Å². The van der Waals surface area contributed by atoms with Crippen molar-refractivity contribution >= 4 is 0 Å². The van der Waals surface area contributed by atoms with Crippen LogP contribution in [0.25, 0.3) is 0 Å². The average Bonchev–Trinajstić information content (AvgIpc) is 3.07. The van der Waals surface area contributed by atoms with E-state index >= 15 is 0 Å². The Balaban J connectivity index is 1.53. The summed E-state index contributed by atoms with van der Waals surface area (Å²) >= 11 is 0. The monoisotopic (exact) mass is 347 g/mol. The maximum Gasteiger partial charge on any atom is 0.0602 e. The zero-order valence-corrected chi connectivity index (χ0v) is 15.4. The second-order valence-electron chi connectivity index (χ2n) is 7.09. The van der Waals surface area contributed by atoms with Gasteiger partial charge in [-0.2, -0.15) is 5.10 Å². The molecule has 1 saturated heterocycles. The Labute approximate surface area is 154 Å². The first-order chi connectivity index (χ1) is 12.7. The normalized spacial score (nSPS) is 20.2. The topological polar surface area (TPSA) is 55.6 Å². The van der Waals surface area contributed by atoms with Gasteiger partial charge in [0.25, 0.3) is 0 Å². The molecule has 5 nitrogen and oxygen atoms in total. The lowest BCUT2D eigenvalue weighted by atomic mass is 9.92. The first-order valence-corrected chi connectivity index (χ1v) is 9.31. The molecule has 26 heavy (non-hydrogen) atoms. The molecule has 0 amide bonds. The Morgan fingerprint density at radius 3 is 2.77 bits per heavy atom. The van der Waals surface area contributed by atoms with Gasteiger partial charge in [0.1, 0.15) is 0 Å². The third-order valence-electron chi connectivity index (χ3n) is 5.24. The minimum atomic E-state index is 0.279. The van der Waals surface area contributed by atoms with Crippen LogP contribution in [0.3, 0.4) is 0 Å². The maximum absolute atomic E-state index is 4.94. The lowest BCUT2D eigenvalue weighted by Gasteiger charge is -2.31. The summed E-state index contributed by atoms with van der Waals surface area (Å²) in [5.41, 5.74) is 5.81. The Kier molecular flexibility index (Phi) is 4.80. The number of hydrogen-bond acceptors (Lipinski definition) is 4. The molecule has 2 atom stereocenters. The molecule has 1 fully saturated rings. The maximum atomic E-state index is 4.94. The predicted octanol–water partition coefficient (Wildman–Crippen LogP) is 3.67. The van der Waals surface area contributed by atoms with Gasteiger partial charge in [-0.05, 0) is 56.0 Å². The molecule has 0 aromatic carbocycles. The van der Waals surface area contributed by atoms with Crippen molar-refractivity contribution in [2.45, 2.75) is 44.7 Å². The molecule has 3 aromatic rings. The van der Waals surface area contributed by atoms with Crippen LogP contribution in [0.5, 0.6) is 0 Å². The van der Waals surface area contributed by atoms with E-state index in [1.807, 2.05) is 36.3 Å². The molecule has 0 aliphatic carbocycles. The highest BCUT2D eigenvalue weighted by atomic mass is 15.3. The van der Waals surface area contributed by atoms with E-state index in [9.17, 15) is 0 Å². The van der Waals surface area contributed by atoms with Crippen LogP contribution in [0.2, 0.25) is 0 Å². The molecule has 0 spiro atoms. The molecule has 134 valence electrons. The van der Waals surface area contributed by atoms with Crippen molar-refractivity contribution < 1.29 is 0 Å². The van der Waals surface area contributed by atoms with Gasteiger partial charge >= 0.3 is 0 Å². The number of nitrogens with zero attached hydrogens (tertiary/aromatic N) is 4. The van der Waals surface area contributed by atoms with Gasteiger partial charge in [-0.15, -0.1) is 0 Å². The highest BCUT2D eigenvalue weighted by molar-refractivity contribution is 5.24. The molecule has 4 rings (SSSR count). The van der Waals surface area contributed by atoms with Crippen molar-refractivity contribution in [1.29, 1.82) is 0 Å². The number of pyridine rings is 2. The van der Waals surface area contributed by atoms with Gasteiger partial charge in [0.15, 0.2) is 0 Å². The van der Waals surface area contributed by atoms with Gasteiger partial charge in [0.2, 0.25) is 0 Å². The summed E-state index contributed by atoms with van der Waals surface area (Å²) < 4.78 is 1.91. The van der Waals surface area contributed by atoms with Gasteiger partial charge in [-0.25, -0.2) is 0 Å². The second-order valence-corrected chi connectivity index (χ2v) is 7.09. The molecular weight excluding hydrogens is 322 g/mol. The Morgan fingerprint density at radius 1 is 1.08 bits per heavy atom. The van der Waals surface area contributed by atoms with E-state index in [2.05, 4.69) is 46.6 Å². The van der Waals surface area contributed by atoms with Gasteiger partial charge in [0.05, 0.1) is 17.4 Å². The van der Waals surface area contributed by atoms with Crippen molar-refractivity contribution in [2.24, 2.45) is 7.05 Å². The van der Waals surface area contributed by atoms with E-state index in [1.54, 1.807) is 0 Å². The van der Waals surface area contributed by atoms with Crippen molar-refractivity contribution in [3.05, 3.63) is 77.1 Å². The molecule has 3 aromatic heterocycles. The molecule has 0 radical (unpaired) electrons. The zero-order chi connectivity index (χ0) is 17.9. The summed E-state index contributed by atoms with van der Waals surface area (Å²) in [6.07, 6.45) is 7.96. The minimum Gasteiger partial charge on any atom is -0.300 e. The highest BCUT2D eigenvalue weighted by Gasteiger charge is 2.26. The van der Waals surface area contributed by atoms with E-state index in [1.165, 1.54) is 23.4 Å². The summed E-state index contributed by atoms with van der Waals surface area (Å²) in [5.74, 6) is 0. The van der Waals surface area contributed by atoms with E-state index in [0.717, 1.165) is 30.7 Å². The fourth-order valence-corrected chi connectivity index (χ4v) is 3.80. The Morgan fingerprint density at radius 2 is 1.96 bits per heavy atom. The van der Waals surface area contributed by atoms with Gasteiger partial charge in [-0.1, -0.05) is 12.1 Å². The molecule has 0 bridgehead atoms. The Hall–Kier alpha value is -2.53. The van der Waals surface area contributed by atoms with Crippen LogP contribution in [0.1, 0.15) is 59.7 Å². The summed E-state index contributed by atoms with van der Waals surface area (Å²) in [6.45, 7) is 2.14. The third kappa shape index (κ3) is 3.53. The van der Waals surface area contributed by atoms with Crippen LogP contribution in [0.15, 0.2) is 48.8 Å². The predicted molar refractivity (Wildman–Crippen MR) is 102 cm³/mol. The van der Waals surface area contributed by atoms with Crippen molar-refractivity contribution in [2.75, 3.05) is 0 Å². The molecule has 2 unspecified atom stereocenters. The van der Waals surface area contributed by atoms with Gasteiger partial charge in [-0.3, -0.25) is 14.6 Å². The fourth-order valence-electron chi connectivity index (χ4n) is 3.80.